The first-order chi connectivity index (χ1) is 6.05. The summed E-state index contributed by atoms with van der Waals surface area (Å²) in [5.74, 6) is -0.170. The minimum absolute atomic E-state index is 0.165. The van der Waals surface area contributed by atoms with Crippen LogP contribution in [0.4, 0.5) is 4.79 Å². The molecular weight excluding hydrogens is 194 g/mol. The monoisotopic (exact) mass is 205 g/mol. The van der Waals surface area contributed by atoms with Gasteiger partial charge in [-0.3, -0.25) is 0 Å². The number of amides is 2. The first-order valence-electron chi connectivity index (χ1n) is 3.78. The summed E-state index contributed by atoms with van der Waals surface area (Å²) < 4.78 is 23.4. The minimum atomic E-state index is -3.42. The number of nitrogens with zero attached hydrogens (tertiary/aromatic N) is 1. The summed E-state index contributed by atoms with van der Waals surface area (Å²) in [5, 5.41) is 2.56. The lowest BCUT2D eigenvalue weighted by atomic mass is 10.6. The lowest BCUT2D eigenvalue weighted by molar-refractivity contribution is 0.220. The molecule has 2 N–H and O–H groups in total. The van der Waals surface area contributed by atoms with Crippen molar-refractivity contribution in [3.8, 4) is 0 Å². The molecule has 74 valence electrons. The van der Waals surface area contributed by atoms with E-state index in [1.807, 2.05) is 0 Å². The number of sulfonamides is 1. The van der Waals surface area contributed by atoms with E-state index in [4.69, 9.17) is 7.05 Å². The maximum absolute atomic E-state index is 10.9. The lowest BCUT2D eigenvalue weighted by Gasteiger charge is -2.12. The van der Waals surface area contributed by atoms with E-state index in [2.05, 4.69) is 5.32 Å². The number of hydrogen-bond donors (Lipinski definition) is 2. The van der Waals surface area contributed by atoms with Crippen LogP contribution >= 0.6 is 0 Å². The number of carbonyl (C=O) groups is 1. The number of nitrogens with one attached hydrogen (secondary N) is 2. The molecule has 1 fully saturated rings. The van der Waals surface area contributed by atoms with Crippen LogP contribution in [0.15, 0.2) is 0 Å². The fraction of sp³-hybridized carbons (Fsp3) is 0.667. The van der Waals surface area contributed by atoms with Gasteiger partial charge in [0.2, 0.25) is 10.0 Å². The Hall–Kier alpha value is -0.820. The topological polar surface area (TPSA) is 78.5 Å². The van der Waals surface area contributed by atoms with Crippen LogP contribution in [0.25, 0.3) is 0 Å². The third-order valence-corrected chi connectivity index (χ3v) is 2.83. The summed E-state index contributed by atoms with van der Waals surface area (Å²) in [4.78, 5) is 12.4. The molecule has 2 radical (unpaired) electrons. The predicted molar refractivity (Wildman–Crippen MR) is 46.2 cm³/mol. The third kappa shape index (κ3) is 2.85. The summed E-state index contributed by atoms with van der Waals surface area (Å²) in [5.41, 5.74) is 0. The molecule has 7 heteroatoms. The SMILES string of the molecule is [CH]NS(=O)(=O)CCN1CCNC1=O. The Kier molecular flexibility index (Phi) is 3.10. The molecule has 1 aliphatic rings. The molecule has 0 unspecified atom stereocenters. The second-order valence-corrected chi connectivity index (χ2v) is 4.53. The zero-order chi connectivity index (χ0) is 9.90. The van der Waals surface area contributed by atoms with Crippen molar-refractivity contribution in [1.82, 2.24) is 14.9 Å². The lowest BCUT2D eigenvalue weighted by Crippen LogP contribution is -2.34. The summed E-state index contributed by atoms with van der Waals surface area (Å²) in [7, 11) is 1.34. The van der Waals surface area contributed by atoms with Crippen LogP contribution < -0.4 is 10.0 Å². The van der Waals surface area contributed by atoms with Crippen molar-refractivity contribution in [3.05, 3.63) is 7.05 Å². The van der Waals surface area contributed by atoms with Gasteiger partial charge in [-0.1, -0.05) is 0 Å². The maximum atomic E-state index is 10.9. The number of carbonyl (C=O) groups excluding carboxylic acids is 1. The molecule has 2 amide bonds. The molecule has 1 heterocycles. The molecule has 0 saturated carbocycles. The first kappa shape index (κ1) is 10.3. The Morgan fingerprint density at radius 2 is 2.31 bits per heavy atom. The van der Waals surface area contributed by atoms with Gasteiger partial charge in [0.15, 0.2) is 0 Å². The molecule has 1 rings (SSSR count). The molecule has 0 atom stereocenters. The summed E-state index contributed by atoms with van der Waals surface area (Å²) in [6.07, 6.45) is 0. The Morgan fingerprint density at radius 3 is 2.77 bits per heavy atom. The van der Waals surface area contributed by atoms with E-state index in [1.165, 1.54) is 4.90 Å². The van der Waals surface area contributed by atoms with E-state index < -0.39 is 10.0 Å². The molecule has 13 heavy (non-hydrogen) atoms. The van der Waals surface area contributed by atoms with E-state index >= 15 is 0 Å². The van der Waals surface area contributed by atoms with Crippen LogP contribution in [0.5, 0.6) is 0 Å². The molecule has 0 aromatic carbocycles. The van der Waals surface area contributed by atoms with E-state index in [0.717, 1.165) is 0 Å². The van der Waals surface area contributed by atoms with Gasteiger partial charge in [0.25, 0.3) is 0 Å². The van der Waals surface area contributed by atoms with E-state index in [9.17, 15) is 13.2 Å². The zero-order valence-electron chi connectivity index (χ0n) is 6.99. The second-order valence-electron chi connectivity index (χ2n) is 2.66. The highest BCUT2D eigenvalue weighted by Gasteiger charge is 2.20. The smallest absolute Gasteiger partial charge is 0.317 e. The Bertz CT molecular complexity index is 287. The molecule has 0 bridgehead atoms. The third-order valence-electron chi connectivity index (χ3n) is 1.75. The Balaban J connectivity index is 2.38. The number of hydrogen-bond acceptors (Lipinski definition) is 3. The Morgan fingerprint density at radius 1 is 1.62 bits per heavy atom. The van der Waals surface area contributed by atoms with E-state index in [1.54, 1.807) is 4.72 Å². The normalized spacial score (nSPS) is 17.6. The average molecular weight is 205 g/mol. The highest BCUT2D eigenvalue weighted by Crippen LogP contribution is 1.96. The zero-order valence-corrected chi connectivity index (χ0v) is 7.80. The molecule has 6 nitrogen and oxygen atoms in total. The molecule has 0 aromatic heterocycles. The number of rotatable bonds is 4. The van der Waals surface area contributed by atoms with Gasteiger partial charge in [-0.25, -0.2) is 17.9 Å². The van der Waals surface area contributed by atoms with Crippen molar-refractivity contribution in [3.63, 3.8) is 0 Å². The first-order valence-corrected chi connectivity index (χ1v) is 5.43. The van der Waals surface area contributed by atoms with Crippen molar-refractivity contribution in [2.45, 2.75) is 0 Å². The van der Waals surface area contributed by atoms with Crippen molar-refractivity contribution in [2.24, 2.45) is 0 Å². The molecule has 0 aliphatic carbocycles. The predicted octanol–water partition coefficient (Wildman–Crippen LogP) is -1.40. The van der Waals surface area contributed by atoms with E-state index in [0.29, 0.717) is 13.1 Å². The van der Waals surface area contributed by atoms with Crippen molar-refractivity contribution >= 4 is 16.1 Å². The van der Waals surface area contributed by atoms with Gasteiger partial charge >= 0.3 is 6.03 Å². The standard InChI is InChI=1S/C6H11N3O3S/c1-7-13(11,12)5-4-9-3-2-8-6(9)10/h1,7H,2-5H2,(H,8,10). The van der Waals surface area contributed by atoms with Gasteiger partial charge in [0.1, 0.15) is 0 Å². The van der Waals surface area contributed by atoms with Crippen LogP contribution in [-0.2, 0) is 10.0 Å². The van der Waals surface area contributed by atoms with Crippen LogP contribution in [0.3, 0.4) is 0 Å². The largest absolute Gasteiger partial charge is 0.336 e. The average Bonchev–Trinajstić information content (AvgIpc) is 2.48. The Labute approximate surface area is 77.3 Å². The highest BCUT2D eigenvalue weighted by molar-refractivity contribution is 7.89. The fourth-order valence-corrected chi connectivity index (χ4v) is 1.59. The van der Waals surface area contributed by atoms with Gasteiger partial charge in [0, 0.05) is 19.6 Å². The highest BCUT2D eigenvalue weighted by atomic mass is 32.2. The van der Waals surface area contributed by atoms with Gasteiger partial charge in [0.05, 0.1) is 12.8 Å². The van der Waals surface area contributed by atoms with Gasteiger partial charge in [-0.2, -0.15) is 0 Å². The van der Waals surface area contributed by atoms with Crippen molar-refractivity contribution < 1.29 is 13.2 Å². The quantitative estimate of drug-likeness (QED) is 0.554. The van der Waals surface area contributed by atoms with Crippen molar-refractivity contribution in [1.29, 1.82) is 0 Å². The molecule has 1 aliphatic heterocycles. The molecule has 0 spiro atoms. The van der Waals surface area contributed by atoms with Crippen molar-refractivity contribution in [2.75, 3.05) is 25.4 Å². The fourth-order valence-electron chi connectivity index (χ4n) is 1.01. The summed E-state index contributed by atoms with van der Waals surface area (Å²) >= 11 is 0. The number of urea groups is 1. The minimum Gasteiger partial charge on any atom is -0.336 e. The molecule has 1 saturated heterocycles. The van der Waals surface area contributed by atoms with Crippen LogP contribution in [0.2, 0.25) is 0 Å². The molecular formula is C6H11N3O3S. The summed E-state index contributed by atoms with van der Waals surface area (Å²) in [6, 6.07) is -0.229. The van der Waals surface area contributed by atoms with E-state index in [-0.39, 0.29) is 18.3 Å². The summed E-state index contributed by atoms with van der Waals surface area (Å²) in [6.45, 7) is 1.27. The van der Waals surface area contributed by atoms with Crippen LogP contribution in [0.1, 0.15) is 0 Å². The van der Waals surface area contributed by atoms with Gasteiger partial charge in [-0.15, -0.1) is 0 Å². The van der Waals surface area contributed by atoms with Gasteiger partial charge < -0.3 is 10.2 Å². The van der Waals surface area contributed by atoms with Crippen LogP contribution in [0, 0.1) is 7.05 Å². The van der Waals surface area contributed by atoms with Crippen LogP contribution in [-0.4, -0.2) is 44.7 Å². The molecule has 0 aromatic rings. The van der Waals surface area contributed by atoms with Gasteiger partial charge in [-0.05, 0) is 0 Å². The maximum Gasteiger partial charge on any atom is 0.317 e. The second kappa shape index (κ2) is 3.93.